The van der Waals surface area contributed by atoms with Crippen LogP contribution in [-0.2, 0) is 14.8 Å². The van der Waals surface area contributed by atoms with Crippen LogP contribution < -0.4 is 4.31 Å². The van der Waals surface area contributed by atoms with E-state index in [9.17, 15) is 18.0 Å². The number of benzene rings is 1. The average molecular weight is 288 g/mol. The number of sulfonamides is 1. The Kier molecular flexibility index (Phi) is 3.16. The van der Waals surface area contributed by atoms with Gasteiger partial charge in [-0.1, -0.05) is 0 Å². The lowest BCUT2D eigenvalue weighted by Gasteiger charge is -2.17. The number of nitrogens with zero attached hydrogens (tertiary/aromatic N) is 1. The van der Waals surface area contributed by atoms with Crippen molar-refractivity contribution in [1.29, 1.82) is 0 Å². The molecule has 0 N–H and O–H groups in total. The molecule has 1 aromatic carbocycles. The van der Waals surface area contributed by atoms with Crippen molar-refractivity contribution in [2.75, 3.05) is 10.1 Å². The fourth-order valence-electron chi connectivity index (χ4n) is 1.85. The molecule has 1 aromatic rings. The summed E-state index contributed by atoms with van der Waals surface area (Å²) in [5, 5.41) is -0.625. The fraction of sp³-hybridized carbons (Fsp3) is 0.273. The molecule has 1 amide bonds. The molecule has 1 fully saturated rings. The topological polar surface area (TPSA) is 71.5 Å². The molecule has 0 spiro atoms. The van der Waals surface area contributed by atoms with E-state index in [4.69, 9.17) is 11.6 Å². The Bertz CT molecular complexity index is 638. The molecule has 2 rings (SSSR count). The van der Waals surface area contributed by atoms with E-state index in [1.54, 1.807) is 6.92 Å². The summed E-state index contributed by atoms with van der Waals surface area (Å²) in [6.07, 6.45) is -0.0159. The molecular formula is C11H10ClNO4S. The Balaban J connectivity index is 2.52. The Morgan fingerprint density at radius 2 is 2.06 bits per heavy atom. The van der Waals surface area contributed by atoms with Crippen molar-refractivity contribution in [3.05, 3.63) is 29.3 Å². The normalized spacial score (nSPS) is 18.1. The minimum Gasteiger partial charge on any atom is -0.276 e. The van der Waals surface area contributed by atoms with E-state index in [1.165, 1.54) is 18.2 Å². The van der Waals surface area contributed by atoms with E-state index in [0.29, 0.717) is 5.56 Å². The van der Waals surface area contributed by atoms with Crippen LogP contribution in [0.15, 0.2) is 18.2 Å². The molecule has 5 nitrogen and oxygen atoms in total. The molecule has 1 aliphatic rings. The smallest absolute Gasteiger partial charge is 0.252 e. The van der Waals surface area contributed by atoms with Gasteiger partial charge in [0.25, 0.3) is 5.24 Å². The quantitative estimate of drug-likeness (QED) is 0.772. The molecular weight excluding hydrogens is 278 g/mol. The van der Waals surface area contributed by atoms with Crippen LogP contribution >= 0.6 is 11.6 Å². The SMILES string of the molecule is Cc1cc(C(=O)Cl)ccc1N1C(=O)CCS1(=O)=O. The summed E-state index contributed by atoms with van der Waals surface area (Å²) in [7, 11) is -3.58. The summed E-state index contributed by atoms with van der Waals surface area (Å²) < 4.78 is 24.3. The molecule has 0 saturated carbocycles. The number of rotatable bonds is 2. The zero-order chi connectivity index (χ0) is 13.5. The van der Waals surface area contributed by atoms with E-state index in [0.717, 1.165) is 4.31 Å². The van der Waals surface area contributed by atoms with Crippen molar-refractivity contribution in [3.63, 3.8) is 0 Å². The molecule has 0 unspecified atom stereocenters. The van der Waals surface area contributed by atoms with Gasteiger partial charge >= 0.3 is 0 Å². The number of carbonyl (C=O) groups excluding carboxylic acids is 2. The standard InChI is InChI=1S/C11H10ClNO4S/c1-7-6-8(11(12)15)2-3-9(7)13-10(14)4-5-18(13,16)17/h2-3,6H,4-5H2,1H3. The minimum atomic E-state index is -3.58. The second-order valence-electron chi connectivity index (χ2n) is 4.00. The van der Waals surface area contributed by atoms with Gasteiger partial charge in [0.05, 0.1) is 11.4 Å². The molecule has 1 aliphatic heterocycles. The second kappa shape index (κ2) is 4.37. The third-order valence-corrected chi connectivity index (χ3v) is 4.62. The number of hydrogen-bond acceptors (Lipinski definition) is 4. The molecule has 96 valence electrons. The van der Waals surface area contributed by atoms with Crippen molar-refractivity contribution >= 4 is 38.5 Å². The summed E-state index contributed by atoms with van der Waals surface area (Å²) in [4.78, 5) is 22.6. The maximum absolute atomic E-state index is 11.8. The second-order valence-corrected chi connectivity index (χ2v) is 6.28. The van der Waals surface area contributed by atoms with Gasteiger partial charge in [-0.05, 0) is 42.3 Å². The Hall–Kier alpha value is -1.40. The van der Waals surface area contributed by atoms with Crippen LogP contribution in [0.2, 0.25) is 0 Å². The fourth-order valence-corrected chi connectivity index (χ4v) is 3.49. The lowest BCUT2D eigenvalue weighted by molar-refractivity contribution is -0.116. The first kappa shape index (κ1) is 13.0. The van der Waals surface area contributed by atoms with Crippen molar-refractivity contribution in [3.8, 4) is 0 Å². The molecule has 0 aromatic heterocycles. The van der Waals surface area contributed by atoms with Gasteiger partial charge in [-0.15, -0.1) is 0 Å². The largest absolute Gasteiger partial charge is 0.276 e. The van der Waals surface area contributed by atoms with Gasteiger partial charge in [0.1, 0.15) is 0 Å². The van der Waals surface area contributed by atoms with Crippen molar-refractivity contribution < 1.29 is 18.0 Å². The summed E-state index contributed by atoms with van der Waals surface area (Å²) in [5.74, 6) is -0.635. The van der Waals surface area contributed by atoms with Gasteiger partial charge in [-0.2, -0.15) is 0 Å². The van der Waals surface area contributed by atoms with Crippen LogP contribution in [0.3, 0.4) is 0 Å². The van der Waals surface area contributed by atoms with Gasteiger partial charge in [-0.3, -0.25) is 9.59 Å². The van der Waals surface area contributed by atoms with E-state index in [1.807, 2.05) is 0 Å². The van der Waals surface area contributed by atoms with E-state index >= 15 is 0 Å². The molecule has 1 saturated heterocycles. The lowest BCUT2D eigenvalue weighted by atomic mass is 10.1. The van der Waals surface area contributed by atoms with Gasteiger partial charge in [0, 0.05) is 12.0 Å². The van der Waals surface area contributed by atoms with Crippen LogP contribution in [0.5, 0.6) is 0 Å². The highest BCUT2D eigenvalue weighted by Gasteiger charge is 2.37. The average Bonchev–Trinajstić information content (AvgIpc) is 2.54. The predicted octanol–water partition coefficient (Wildman–Crippen LogP) is 1.44. The number of aryl methyl sites for hydroxylation is 1. The van der Waals surface area contributed by atoms with Crippen LogP contribution in [0.1, 0.15) is 22.3 Å². The monoisotopic (exact) mass is 287 g/mol. The van der Waals surface area contributed by atoms with Crippen LogP contribution in [0, 0.1) is 6.92 Å². The predicted molar refractivity (Wildman–Crippen MR) is 67.3 cm³/mol. The highest BCUT2D eigenvalue weighted by atomic mass is 35.5. The first-order chi connectivity index (χ1) is 8.33. The van der Waals surface area contributed by atoms with Gasteiger partial charge < -0.3 is 0 Å². The molecule has 0 radical (unpaired) electrons. The van der Waals surface area contributed by atoms with E-state index < -0.39 is 21.2 Å². The minimum absolute atomic E-state index is 0.0159. The number of hydrogen-bond donors (Lipinski definition) is 0. The summed E-state index contributed by atoms with van der Waals surface area (Å²) in [6, 6.07) is 4.29. The molecule has 0 aliphatic carbocycles. The maximum Gasteiger partial charge on any atom is 0.252 e. The Morgan fingerprint density at radius 3 is 2.50 bits per heavy atom. The zero-order valence-corrected chi connectivity index (χ0v) is 11.1. The third kappa shape index (κ3) is 2.13. The Morgan fingerprint density at radius 1 is 1.39 bits per heavy atom. The van der Waals surface area contributed by atoms with Gasteiger partial charge in [0.15, 0.2) is 0 Å². The van der Waals surface area contributed by atoms with Gasteiger partial charge in [-0.25, -0.2) is 12.7 Å². The van der Waals surface area contributed by atoms with Gasteiger partial charge in [0.2, 0.25) is 15.9 Å². The van der Waals surface area contributed by atoms with Crippen LogP contribution in [0.25, 0.3) is 0 Å². The number of carbonyl (C=O) groups is 2. The number of amides is 1. The number of anilines is 1. The van der Waals surface area contributed by atoms with Crippen molar-refractivity contribution in [2.45, 2.75) is 13.3 Å². The summed E-state index contributed by atoms with van der Waals surface area (Å²) in [6.45, 7) is 1.62. The highest BCUT2D eigenvalue weighted by molar-refractivity contribution is 7.94. The van der Waals surface area contributed by atoms with Crippen molar-refractivity contribution in [1.82, 2.24) is 0 Å². The molecule has 0 atom stereocenters. The first-order valence-electron chi connectivity index (χ1n) is 5.19. The third-order valence-electron chi connectivity index (χ3n) is 2.72. The Labute approximate surface area is 109 Å². The number of halogens is 1. The highest BCUT2D eigenvalue weighted by Crippen LogP contribution is 2.29. The summed E-state index contributed by atoms with van der Waals surface area (Å²) >= 11 is 5.33. The van der Waals surface area contributed by atoms with Crippen molar-refractivity contribution in [2.24, 2.45) is 0 Å². The first-order valence-corrected chi connectivity index (χ1v) is 7.18. The molecule has 0 bridgehead atoms. The zero-order valence-electron chi connectivity index (χ0n) is 9.51. The van der Waals surface area contributed by atoms with Crippen LogP contribution in [0.4, 0.5) is 5.69 Å². The molecule has 1 heterocycles. The van der Waals surface area contributed by atoms with Crippen LogP contribution in [-0.4, -0.2) is 25.3 Å². The lowest BCUT2D eigenvalue weighted by Crippen LogP contribution is -2.30. The van der Waals surface area contributed by atoms with E-state index in [-0.39, 0.29) is 23.4 Å². The summed E-state index contributed by atoms with van der Waals surface area (Å²) in [5.41, 5.74) is 1.06. The molecule has 18 heavy (non-hydrogen) atoms. The van der Waals surface area contributed by atoms with E-state index in [2.05, 4.69) is 0 Å². The molecule has 7 heteroatoms. The maximum atomic E-state index is 11.8.